The highest BCUT2D eigenvalue weighted by Gasteiger charge is 2.62. The first kappa shape index (κ1) is 32.7. The fraction of sp³-hybridized carbons (Fsp3) is 0.410. The Morgan fingerprint density at radius 2 is 1.02 bits per heavy atom. The van der Waals surface area contributed by atoms with Crippen molar-refractivity contribution in [3.05, 3.63) is 108 Å². The number of hydrogen-bond donors (Lipinski definition) is 2. The van der Waals surface area contributed by atoms with Gasteiger partial charge < -0.3 is 25.6 Å². The van der Waals surface area contributed by atoms with Crippen LogP contribution in [0.3, 0.4) is 0 Å². The van der Waals surface area contributed by atoms with Gasteiger partial charge in [-0.1, -0.05) is 96.2 Å². The van der Waals surface area contributed by atoms with Crippen molar-refractivity contribution in [2.24, 2.45) is 27.1 Å². The van der Waals surface area contributed by atoms with E-state index in [0.29, 0.717) is 45.0 Å². The van der Waals surface area contributed by atoms with Crippen LogP contribution in [0.4, 0.5) is 0 Å². The first-order valence-corrected chi connectivity index (χ1v) is 17.2. The van der Waals surface area contributed by atoms with Crippen LogP contribution in [0.2, 0.25) is 0 Å². The first-order chi connectivity index (χ1) is 23.7. The number of amides is 3. The molecular weight excluding hydrogens is 618 g/mol. The van der Waals surface area contributed by atoms with Crippen molar-refractivity contribution in [3.8, 4) is 0 Å². The normalized spacial score (nSPS) is 24.0. The predicted octanol–water partition coefficient (Wildman–Crippen LogP) is 4.15. The van der Waals surface area contributed by atoms with E-state index < -0.39 is 10.8 Å². The smallest absolute Gasteiger partial charge is 0.237 e. The number of carbonyl (C=O) groups excluding carboxylic acids is 4. The van der Waals surface area contributed by atoms with E-state index in [1.165, 1.54) is 5.56 Å². The van der Waals surface area contributed by atoms with E-state index in [4.69, 9.17) is 10.9 Å². The van der Waals surface area contributed by atoms with Crippen molar-refractivity contribution in [1.82, 2.24) is 14.7 Å². The molecule has 3 aliphatic carbocycles. The van der Waals surface area contributed by atoms with Crippen LogP contribution in [0.5, 0.6) is 0 Å². The van der Waals surface area contributed by atoms with Gasteiger partial charge in [-0.05, 0) is 55.2 Å². The SMILES string of the molecule is NC1CN(Cc2ccccc2)C(=O)C12CC2.O=C1CN(Cc2ccccc2)C(=O)C12CC2.O=C1N(Cc2ccccc2)C/C(=N/O)C12CC2. The van der Waals surface area contributed by atoms with Gasteiger partial charge in [0, 0.05) is 32.2 Å². The van der Waals surface area contributed by atoms with Gasteiger partial charge in [-0.25, -0.2) is 0 Å². The summed E-state index contributed by atoms with van der Waals surface area (Å²) < 4.78 is 0. The summed E-state index contributed by atoms with van der Waals surface area (Å²) in [7, 11) is 0. The molecule has 6 fully saturated rings. The highest BCUT2D eigenvalue weighted by Crippen LogP contribution is 2.54. The third kappa shape index (κ3) is 6.25. The van der Waals surface area contributed by atoms with Crippen LogP contribution < -0.4 is 5.73 Å². The standard InChI is InChI=1S/C13H14N2O2.C13H16N2O.C13H13NO2/c16-12-13(6-7-13)11(14-17)9-15(12)8-10-4-2-1-3-5-10;14-11-9-15(12(16)13(11)6-7-13)8-10-4-2-1-3-5-10;15-11-9-14(12(16)13(11)6-7-13)8-10-4-2-1-3-5-10/h1-5,17H,6-9H2;1-5,11H,6-9,14H2;1-5H,6-9H2/b14-11-;;. The van der Waals surface area contributed by atoms with Gasteiger partial charge in [0.05, 0.1) is 29.6 Å². The molecule has 0 aromatic heterocycles. The summed E-state index contributed by atoms with van der Waals surface area (Å²) in [4.78, 5) is 53.4. The average molecular weight is 662 g/mol. The third-order valence-corrected chi connectivity index (χ3v) is 11.1. The molecule has 3 aromatic carbocycles. The molecule has 1 unspecified atom stereocenters. The van der Waals surface area contributed by atoms with Gasteiger partial charge in [0.25, 0.3) is 0 Å². The van der Waals surface area contributed by atoms with Gasteiger partial charge >= 0.3 is 0 Å². The van der Waals surface area contributed by atoms with E-state index in [-0.39, 0.29) is 35.0 Å². The summed E-state index contributed by atoms with van der Waals surface area (Å²) in [6, 6.07) is 29.8. The molecule has 3 heterocycles. The molecule has 0 radical (unpaired) electrons. The van der Waals surface area contributed by atoms with Gasteiger partial charge in [0.2, 0.25) is 17.7 Å². The van der Waals surface area contributed by atoms with Crippen LogP contribution in [-0.4, -0.2) is 74.8 Å². The molecular formula is C39H43N5O5. The number of rotatable bonds is 6. The third-order valence-electron chi connectivity index (χ3n) is 11.1. The quantitative estimate of drug-likeness (QED) is 0.232. The molecule has 3 amide bonds. The Morgan fingerprint density at radius 3 is 1.39 bits per heavy atom. The fourth-order valence-corrected chi connectivity index (χ4v) is 7.51. The van der Waals surface area contributed by atoms with E-state index >= 15 is 0 Å². The van der Waals surface area contributed by atoms with Crippen LogP contribution in [0.25, 0.3) is 0 Å². The minimum atomic E-state index is -0.589. The van der Waals surface area contributed by atoms with Crippen molar-refractivity contribution < 1.29 is 24.4 Å². The maximum Gasteiger partial charge on any atom is 0.237 e. The van der Waals surface area contributed by atoms with Crippen LogP contribution in [0.1, 0.15) is 55.2 Å². The number of likely N-dealkylation sites (tertiary alicyclic amines) is 3. The molecule has 10 nitrogen and oxygen atoms in total. The number of Topliss-reactive ketones (excluding diaryl/α,β-unsaturated/α-hetero) is 1. The van der Waals surface area contributed by atoms with Crippen LogP contribution >= 0.6 is 0 Å². The summed E-state index contributed by atoms with van der Waals surface area (Å²) in [5.74, 6) is 0.549. The number of benzene rings is 3. The molecule has 10 heteroatoms. The summed E-state index contributed by atoms with van der Waals surface area (Å²) in [6.45, 7) is 3.34. The Balaban J connectivity index is 0.000000116. The van der Waals surface area contributed by atoms with E-state index in [9.17, 15) is 19.2 Å². The van der Waals surface area contributed by atoms with Crippen molar-refractivity contribution >= 4 is 29.2 Å². The number of carbonyl (C=O) groups is 4. The zero-order valence-electron chi connectivity index (χ0n) is 27.7. The summed E-state index contributed by atoms with van der Waals surface area (Å²) in [6.07, 6.45) is 5.15. The molecule has 3 saturated carbocycles. The molecule has 49 heavy (non-hydrogen) atoms. The molecule has 254 valence electrons. The largest absolute Gasteiger partial charge is 0.411 e. The Morgan fingerprint density at radius 1 is 0.592 bits per heavy atom. The highest BCUT2D eigenvalue weighted by atomic mass is 16.4. The molecule has 3 N–H and O–H groups in total. The minimum absolute atomic E-state index is 0.0429. The second-order valence-corrected chi connectivity index (χ2v) is 14.4. The van der Waals surface area contributed by atoms with Crippen molar-refractivity contribution in [2.75, 3.05) is 19.6 Å². The lowest BCUT2D eigenvalue weighted by Crippen LogP contribution is -2.31. The zero-order chi connectivity index (χ0) is 34.2. The monoisotopic (exact) mass is 661 g/mol. The van der Waals surface area contributed by atoms with Crippen LogP contribution in [0, 0.1) is 16.2 Å². The first-order valence-electron chi connectivity index (χ1n) is 17.2. The van der Waals surface area contributed by atoms with E-state index in [2.05, 4.69) is 17.3 Å². The van der Waals surface area contributed by atoms with Gasteiger partial charge in [-0.2, -0.15) is 0 Å². The highest BCUT2D eigenvalue weighted by molar-refractivity contribution is 6.17. The lowest BCUT2D eigenvalue weighted by Gasteiger charge is -2.16. The zero-order valence-corrected chi connectivity index (χ0v) is 27.7. The Bertz CT molecular complexity index is 1750. The van der Waals surface area contributed by atoms with Gasteiger partial charge in [-0.15, -0.1) is 0 Å². The van der Waals surface area contributed by atoms with Gasteiger partial charge in [0.1, 0.15) is 5.41 Å². The van der Waals surface area contributed by atoms with E-state index in [1.807, 2.05) is 83.8 Å². The number of nitrogens with zero attached hydrogens (tertiary/aromatic N) is 4. The van der Waals surface area contributed by atoms with Crippen molar-refractivity contribution in [1.29, 1.82) is 0 Å². The van der Waals surface area contributed by atoms with Crippen molar-refractivity contribution in [3.63, 3.8) is 0 Å². The second kappa shape index (κ2) is 12.9. The lowest BCUT2D eigenvalue weighted by atomic mass is 10.0. The molecule has 6 aliphatic rings. The topological polar surface area (TPSA) is 137 Å². The molecule has 1 atom stereocenters. The molecule has 3 aliphatic heterocycles. The molecule has 3 saturated heterocycles. The fourth-order valence-electron chi connectivity index (χ4n) is 7.51. The van der Waals surface area contributed by atoms with Gasteiger partial charge in [-0.3, -0.25) is 19.2 Å². The van der Waals surface area contributed by atoms with Crippen LogP contribution in [-0.2, 0) is 38.8 Å². The summed E-state index contributed by atoms with van der Waals surface area (Å²) in [5, 5.41) is 12.3. The van der Waals surface area contributed by atoms with Crippen LogP contribution in [0.15, 0.2) is 96.2 Å². The average Bonchev–Trinajstić information content (AvgIpc) is 4.02. The lowest BCUT2D eigenvalue weighted by molar-refractivity contribution is -0.134. The number of hydrogen-bond acceptors (Lipinski definition) is 7. The Labute approximate surface area is 286 Å². The Kier molecular flexibility index (Phi) is 8.60. The number of nitrogens with two attached hydrogens (primary N) is 1. The summed E-state index contributed by atoms with van der Waals surface area (Å²) >= 11 is 0. The number of oxime groups is 1. The number of ketones is 1. The maximum absolute atomic E-state index is 12.2. The second-order valence-electron chi connectivity index (χ2n) is 14.4. The summed E-state index contributed by atoms with van der Waals surface area (Å²) in [5.41, 5.74) is 8.86. The van der Waals surface area contributed by atoms with E-state index in [0.717, 1.165) is 49.7 Å². The van der Waals surface area contributed by atoms with Crippen molar-refractivity contribution in [2.45, 2.75) is 64.2 Å². The predicted molar refractivity (Wildman–Crippen MR) is 183 cm³/mol. The van der Waals surface area contributed by atoms with Gasteiger partial charge in [0.15, 0.2) is 5.78 Å². The minimum Gasteiger partial charge on any atom is -0.411 e. The molecule has 0 bridgehead atoms. The molecule has 3 aromatic rings. The maximum atomic E-state index is 12.2. The molecule has 9 rings (SSSR count). The molecule has 3 spiro atoms. The van der Waals surface area contributed by atoms with E-state index in [1.54, 1.807) is 9.80 Å². The Hall–Kier alpha value is -4.83.